The van der Waals surface area contributed by atoms with Gasteiger partial charge in [-0.15, -0.1) is 11.3 Å². The smallest absolute Gasteiger partial charge is 0.203 e. The molecule has 0 bridgehead atoms. The van der Waals surface area contributed by atoms with Crippen LogP contribution >= 0.6 is 11.3 Å². The topological polar surface area (TPSA) is 86.2 Å². The lowest BCUT2D eigenvalue weighted by atomic mass is 9.97. The summed E-state index contributed by atoms with van der Waals surface area (Å²) in [5, 5.41) is 27.4. The zero-order chi connectivity index (χ0) is 20.7. The molecule has 146 valence electrons. The van der Waals surface area contributed by atoms with Gasteiger partial charge >= 0.3 is 0 Å². The molecule has 0 radical (unpaired) electrons. The highest BCUT2D eigenvalue weighted by atomic mass is 32.1. The maximum absolute atomic E-state index is 13.3. The summed E-state index contributed by atoms with van der Waals surface area (Å²) in [5.41, 5.74) is 3.68. The normalized spacial score (nSPS) is 11.1. The molecule has 6 heteroatoms. The number of nitrogens with one attached hydrogen (secondary N) is 1. The van der Waals surface area contributed by atoms with Crippen molar-refractivity contribution in [3.8, 4) is 33.9 Å². The number of aromatic amines is 1. The van der Waals surface area contributed by atoms with Crippen molar-refractivity contribution >= 4 is 27.2 Å². The van der Waals surface area contributed by atoms with Crippen molar-refractivity contribution in [2.24, 2.45) is 0 Å². The van der Waals surface area contributed by atoms with E-state index < -0.39 is 0 Å². The molecular formula is C24H16N2O3S. The van der Waals surface area contributed by atoms with E-state index in [4.69, 9.17) is 0 Å². The van der Waals surface area contributed by atoms with Gasteiger partial charge in [0.25, 0.3) is 0 Å². The Bertz CT molecular complexity index is 1370. The van der Waals surface area contributed by atoms with Crippen molar-refractivity contribution in [3.05, 3.63) is 89.4 Å². The predicted molar refractivity (Wildman–Crippen MR) is 118 cm³/mol. The second kappa shape index (κ2) is 7.17. The Kier molecular flexibility index (Phi) is 4.34. The molecular weight excluding hydrogens is 396 g/mol. The molecule has 0 amide bonds. The number of carbonyl (C=O) groups excluding carboxylic acids is 1. The van der Waals surface area contributed by atoms with E-state index in [1.807, 2.05) is 48.5 Å². The number of ketones is 1. The molecule has 0 unspecified atom stereocenters. The lowest BCUT2D eigenvalue weighted by Gasteiger charge is -2.07. The van der Waals surface area contributed by atoms with Crippen LogP contribution in [0.5, 0.6) is 11.5 Å². The minimum Gasteiger partial charge on any atom is -0.508 e. The quantitative estimate of drug-likeness (QED) is 0.335. The van der Waals surface area contributed by atoms with E-state index in [0.29, 0.717) is 16.1 Å². The Hall–Kier alpha value is -3.90. The number of H-pyrrole nitrogens is 1. The van der Waals surface area contributed by atoms with Crippen molar-refractivity contribution in [1.29, 1.82) is 0 Å². The summed E-state index contributed by atoms with van der Waals surface area (Å²) >= 11 is 1.37. The summed E-state index contributed by atoms with van der Waals surface area (Å²) < 4.78 is 0.847. The highest BCUT2D eigenvalue weighted by Gasteiger charge is 2.21. The third kappa shape index (κ3) is 3.03. The van der Waals surface area contributed by atoms with Crippen LogP contribution in [0.1, 0.15) is 15.2 Å². The molecule has 2 heterocycles. The Morgan fingerprint density at radius 2 is 1.63 bits per heavy atom. The van der Waals surface area contributed by atoms with Crippen molar-refractivity contribution in [2.45, 2.75) is 0 Å². The second-order valence-electron chi connectivity index (χ2n) is 6.89. The molecule has 2 aromatic heterocycles. The highest BCUT2D eigenvalue weighted by molar-refractivity contribution is 7.21. The maximum atomic E-state index is 13.3. The average molecular weight is 412 g/mol. The molecule has 3 aromatic carbocycles. The van der Waals surface area contributed by atoms with Gasteiger partial charge in [0.2, 0.25) is 5.78 Å². The van der Waals surface area contributed by atoms with Crippen LogP contribution in [0.15, 0.2) is 79.0 Å². The molecule has 3 N–H and O–H groups in total. The monoisotopic (exact) mass is 412 g/mol. The second-order valence-corrected chi connectivity index (χ2v) is 7.94. The van der Waals surface area contributed by atoms with Gasteiger partial charge in [-0.05, 0) is 23.8 Å². The third-order valence-corrected chi connectivity index (χ3v) is 6.15. The summed E-state index contributed by atoms with van der Waals surface area (Å²) in [7, 11) is 0. The number of aromatic nitrogens is 2. The van der Waals surface area contributed by atoms with E-state index in [-0.39, 0.29) is 17.3 Å². The van der Waals surface area contributed by atoms with Crippen LogP contribution < -0.4 is 0 Å². The number of nitrogens with zero attached hydrogens (tertiary/aromatic N) is 1. The first-order valence-electron chi connectivity index (χ1n) is 9.30. The van der Waals surface area contributed by atoms with E-state index in [1.165, 1.54) is 17.5 Å². The van der Waals surface area contributed by atoms with E-state index >= 15 is 0 Å². The van der Waals surface area contributed by atoms with E-state index in [0.717, 1.165) is 26.8 Å². The van der Waals surface area contributed by atoms with Crippen molar-refractivity contribution in [2.75, 3.05) is 0 Å². The standard InChI is InChI=1S/C24H16N2O3S/c27-17-10-11-18-20(12-17)30-24(23(29)16-4-2-1-3-5-16)21(18)14-6-8-15(9-7-14)22-19(28)13-25-26-22/h1-13,27-28H,(H,25,26). The third-order valence-electron chi connectivity index (χ3n) is 5.00. The summed E-state index contributed by atoms with van der Waals surface area (Å²) in [5.74, 6) is 0.194. The lowest BCUT2D eigenvalue weighted by Crippen LogP contribution is -2.00. The summed E-state index contributed by atoms with van der Waals surface area (Å²) in [6.07, 6.45) is 1.36. The number of phenolic OH excluding ortho intramolecular Hbond substituents is 1. The molecule has 0 fully saturated rings. The van der Waals surface area contributed by atoms with Crippen LogP contribution in [-0.2, 0) is 0 Å². The minimum atomic E-state index is -0.0541. The fourth-order valence-electron chi connectivity index (χ4n) is 3.55. The van der Waals surface area contributed by atoms with Crippen LogP contribution in [0.25, 0.3) is 32.5 Å². The number of fused-ring (bicyclic) bond motifs is 1. The number of carbonyl (C=O) groups is 1. The molecule has 0 atom stereocenters. The number of rotatable bonds is 4. The largest absolute Gasteiger partial charge is 0.508 e. The first-order valence-corrected chi connectivity index (χ1v) is 10.1. The van der Waals surface area contributed by atoms with Crippen LogP contribution in [0.4, 0.5) is 0 Å². The van der Waals surface area contributed by atoms with E-state index in [2.05, 4.69) is 10.2 Å². The maximum Gasteiger partial charge on any atom is 0.203 e. The molecule has 0 saturated heterocycles. The first kappa shape index (κ1) is 18.1. The zero-order valence-corrected chi connectivity index (χ0v) is 16.5. The fraction of sp³-hybridized carbons (Fsp3) is 0. The van der Waals surface area contributed by atoms with Crippen LogP contribution in [0.3, 0.4) is 0 Å². The fourth-order valence-corrected chi connectivity index (χ4v) is 4.77. The molecule has 0 spiro atoms. The molecule has 5 aromatic rings. The summed E-state index contributed by atoms with van der Waals surface area (Å²) in [6, 6.07) is 21.9. The van der Waals surface area contributed by atoms with Gasteiger partial charge in [-0.1, -0.05) is 54.6 Å². The molecule has 0 aliphatic carbocycles. The number of benzene rings is 3. The molecule has 0 aliphatic heterocycles. The number of phenols is 1. The van der Waals surface area contributed by atoms with Crippen LogP contribution in [-0.4, -0.2) is 26.2 Å². The van der Waals surface area contributed by atoms with Crippen molar-refractivity contribution in [3.63, 3.8) is 0 Å². The summed E-state index contributed by atoms with van der Waals surface area (Å²) in [6.45, 7) is 0. The summed E-state index contributed by atoms with van der Waals surface area (Å²) in [4.78, 5) is 13.9. The lowest BCUT2D eigenvalue weighted by molar-refractivity contribution is 0.104. The Labute approximate surface area is 175 Å². The highest BCUT2D eigenvalue weighted by Crippen LogP contribution is 2.42. The van der Waals surface area contributed by atoms with Gasteiger partial charge in [0, 0.05) is 26.8 Å². The van der Waals surface area contributed by atoms with Gasteiger partial charge in [0.05, 0.1) is 11.1 Å². The SMILES string of the molecule is O=C(c1ccccc1)c1sc2cc(O)ccc2c1-c1ccc(-c2[nH]ncc2O)cc1. The number of aromatic hydroxyl groups is 2. The van der Waals surface area contributed by atoms with Gasteiger partial charge in [0.15, 0.2) is 5.75 Å². The number of hydrogen-bond acceptors (Lipinski definition) is 5. The molecule has 30 heavy (non-hydrogen) atoms. The van der Waals surface area contributed by atoms with Gasteiger partial charge < -0.3 is 10.2 Å². The molecule has 0 saturated carbocycles. The van der Waals surface area contributed by atoms with Gasteiger partial charge in [-0.3, -0.25) is 9.89 Å². The minimum absolute atomic E-state index is 0.0541. The van der Waals surface area contributed by atoms with Crippen LogP contribution in [0.2, 0.25) is 0 Å². The van der Waals surface area contributed by atoms with Crippen molar-refractivity contribution < 1.29 is 15.0 Å². The number of hydrogen-bond donors (Lipinski definition) is 3. The Balaban J connectivity index is 1.68. The van der Waals surface area contributed by atoms with Gasteiger partial charge in [0.1, 0.15) is 11.4 Å². The predicted octanol–water partition coefficient (Wildman–Crippen LogP) is 5.60. The van der Waals surface area contributed by atoms with Crippen LogP contribution in [0, 0.1) is 0 Å². The van der Waals surface area contributed by atoms with E-state index in [1.54, 1.807) is 24.3 Å². The number of thiophene rings is 1. The Morgan fingerprint density at radius 3 is 2.33 bits per heavy atom. The zero-order valence-electron chi connectivity index (χ0n) is 15.7. The molecule has 0 aliphatic rings. The first-order chi connectivity index (χ1) is 14.6. The average Bonchev–Trinajstić information content (AvgIpc) is 3.37. The van der Waals surface area contributed by atoms with Crippen molar-refractivity contribution in [1.82, 2.24) is 10.2 Å². The van der Waals surface area contributed by atoms with E-state index in [9.17, 15) is 15.0 Å². The van der Waals surface area contributed by atoms with Gasteiger partial charge in [-0.2, -0.15) is 5.10 Å². The van der Waals surface area contributed by atoms with Gasteiger partial charge in [-0.25, -0.2) is 0 Å². The molecule has 5 rings (SSSR count). The Morgan fingerprint density at radius 1 is 0.900 bits per heavy atom. The molecule has 5 nitrogen and oxygen atoms in total.